The van der Waals surface area contributed by atoms with Crippen LogP contribution in [0.15, 0.2) is 158 Å². The van der Waals surface area contributed by atoms with Gasteiger partial charge in [-0.1, -0.05) is 371 Å². The molecule has 0 aliphatic rings. The minimum absolute atomic E-state index is 0.0282. The zero-order valence-corrected chi connectivity index (χ0v) is 66.3. The van der Waals surface area contributed by atoms with E-state index in [-0.39, 0.29) is 32.0 Å². The number of carbonyl (C=O) groups is 2. The molecule has 0 heterocycles. The van der Waals surface area contributed by atoms with Crippen molar-refractivity contribution in [1.29, 1.82) is 0 Å². The van der Waals surface area contributed by atoms with Crippen molar-refractivity contribution < 1.29 is 42.1 Å². The zero-order valence-electron chi connectivity index (χ0n) is 65.4. The Morgan fingerprint density at radius 1 is 0.310 bits per heavy atom. The number of unbranched alkanes of at least 4 members (excludes halogenated alkanes) is 35. The van der Waals surface area contributed by atoms with Crippen LogP contribution in [-0.2, 0) is 32.7 Å². The second-order valence-electron chi connectivity index (χ2n) is 28.4. The van der Waals surface area contributed by atoms with Crippen molar-refractivity contribution in [3.05, 3.63) is 158 Å². The highest BCUT2D eigenvalue weighted by atomic mass is 31.2. The number of phosphoric acid groups is 1. The fraction of sp³-hybridized carbons (Fsp3) is 0.689. The van der Waals surface area contributed by atoms with Gasteiger partial charge in [-0.25, -0.2) is 4.57 Å². The molecule has 0 radical (unpaired) electrons. The Morgan fingerprint density at radius 2 is 0.540 bits per heavy atom. The van der Waals surface area contributed by atoms with Crippen LogP contribution < -0.4 is 0 Å². The number of quaternary nitrogens is 1. The molecule has 0 aliphatic carbocycles. The van der Waals surface area contributed by atoms with Gasteiger partial charge in [-0.15, -0.1) is 0 Å². The number of likely N-dealkylation sites (N-methyl/N-ethyl adjacent to an activating group) is 1. The third kappa shape index (κ3) is 82.6. The summed E-state index contributed by atoms with van der Waals surface area (Å²) in [5, 5.41) is 0. The first-order valence-electron chi connectivity index (χ1n) is 41.2. The van der Waals surface area contributed by atoms with Crippen molar-refractivity contribution in [3.63, 3.8) is 0 Å². The average Bonchev–Trinajstić information content (AvgIpc) is 1.30. The van der Waals surface area contributed by atoms with Crippen molar-refractivity contribution in [1.82, 2.24) is 0 Å². The van der Waals surface area contributed by atoms with Crippen LogP contribution >= 0.6 is 7.82 Å². The van der Waals surface area contributed by atoms with Crippen molar-refractivity contribution in [3.8, 4) is 0 Å². The third-order valence-electron chi connectivity index (χ3n) is 17.6. The number of hydrogen-bond acceptors (Lipinski definition) is 7. The number of ether oxygens (including phenoxy) is 2. The molecular formula is C90H155NO8P+. The lowest BCUT2D eigenvalue weighted by atomic mass is 10.0. The molecule has 0 amide bonds. The Kier molecular flexibility index (Phi) is 75.3. The molecular weight excluding hydrogens is 1250 g/mol. The topological polar surface area (TPSA) is 108 Å². The van der Waals surface area contributed by atoms with Gasteiger partial charge in [0.05, 0.1) is 27.7 Å². The second kappa shape index (κ2) is 78.8. The largest absolute Gasteiger partial charge is 0.472 e. The number of esters is 2. The lowest BCUT2D eigenvalue weighted by Crippen LogP contribution is -2.37. The van der Waals surface area contributed by atoms with Gasteiger partial charge < -0.3 is 18.9 Å². The molecule has 9 nitrogen and oxygen atoms in total. The van der Waals surface area contributed by atoms with Gasteiger partial charge in [0.2, 0.25) is 0 Å². The molecule has 572 valence electrons. The lowest BCUT2D eigenvalue weighted by Gasteiger charge is -2.24. The van der Waals surface area contributed by atoms with Gasteiger partial charge in [0.1, 0.15) is 19.8 Å². The van der Waals surface area contributed by atoms with Crippen LogP contribution in [0.3, 0.4) is 0 Å². The number of nitrogens with zero attached hydrogens (tertiary/aromatic N) is 1. The van der Waals surface area contributed by atoms with Crippen molar-refractivity contribution in [2.24, 2.45) is 0 Å². The molecule has 100 heavy (non-hydrogen) atoms. The molecule has 0 aromatic rings. The number of phosphoric ester groups is 1. The van der Waals surface area contributed by atoms with E-state index in [9.17, 15) is 19.0 Å². The third-order valence-corrected chi connectivity index (χ3v) is 18.5. The van der Waals surface area contributed by atoms with Gasteiger partial charge >= 0.3 is 19.8 Å². The Labute approximate surface area is 617 Å². The minimum Gasteiger partial charge on any atom is -0.462 e. The molecule has 0 saturated carbocycles. The second-order valence-corrected chi connectivity index (χ2v) is 29.8. The SMILES string of the molecule is CC/C=C\C/C=C\C/C=C\C/C=C\C/C=C\C/C=C\C/C=C\CCCCCCCCCCCCCCCCCCCCCC(=O)OC(COC(=O)CCCCCCCCCCCCCCCCCC/C=C\C/C=C\C/C=C\C/C=C\C/C=C\C/C=C\CC)COP(=O)(O)OCC[N+](C)(C)C. The van der Waals surface area contributed by atoms with E-state index in [2.05, 4.69) is 172 Å². The first-order chi connectivity index (χ1) is 49.0. The van der Waals surface area contributed by atoms with Gasteiger partial charge in [-0.2, -0.15) is 0 Å². The summed E-state index contributed by atoms with van der Waals surface area (Å²) in [6.07, 6.45) is 118. The Morgan fingerprint density at radius 3 is 0.800 bits per heavy atom. The van der Waals surface area contributed by atoms with Crippen LogP contribution in [0.4, 0.5) is 0 Å². The summed E-state index contributed by atoms with van der Waals surface area (Å²) in [4.78, 5) is 36.0. The molecule has 0 aromatic carbocycles. The first kappa shape index (κ1) is 95.6. The standard InChI is InChI=1S/C90H154NO8P/c1-6-8-10-12-14-16-18-20-22-24-26-28-30-32-34-36-38-40-42-43-44-45-46-47-49-51-53-55-57-59-61-63-65-67-69-71-73-75-77-79-81-83-90(93)99-88(87-98-100(94,95)97-85-84-91(3,4)5)86-96-89(92)82-80-78-76-74-72-70-68-66-64-62-60-58-56-54-52-50-48-41-39-37-35-33-31-29-27-25-23-21-19-17-15-13-11-9-7-2/h8-11,14-17,20-23,26-29,32-35,38-41,43-44,88H,6-7,12-13,18-19,24-25,30-31,36-37,42,45-87H2,1-5H3/p+1/b10-8-,11-9-,16-14-,17-15-,22-20-,23-21-,28-26-,29-27-,34-32-,35-33-,40-38-,41-39-,44-43-. The van der Waals surface area contributed by atoms with Gasteiger partial charge in [0, 0.05) is 12.8 Å². The van der Waals surface area contributed by atoms with Crippen molar-refractivity contribution in [2.75, 3.05) is 47.5 Å². The monoisotopic (exact) mass is 1410 g/mol. The lowest BCUT2D eigenvalue weighted by molar-refractivity contribution is -0.870. The Bertz CT molecular complexity index is 2250. The molecule has 0 aromatic heterocycles. The molecule has 0 saturated heterocycles. The van der Waals surface area contributed by atoms with E-state index in [1.807, 2.05) is 21.1 Å². The van der Waals surface area contributed by atoms with E-state index < -0.39 is 26.5 Å². The molecule has 10 heteroatoms. The first-order valence-corrected chi connectivity index (χ1v) is 42.7. The molecule has 0 bridgehead atoms. The highest BCUT2D eigenvalue weighted by Gasteiger charge is 2.27. The molecule has 2 atom stereocenters. The van der Waals surface area contributed by atoms with Crippen LogP contribution in [0.5, 0.6) is 0 Å². The summed E-state index contributed by atoms with van der Waals surface area (Å²) in [5.41, 5.74) is 0. The number of allylic oxidation sites excluding steroid dienone is 26. The molecule has 0 spiro atoms. The van der Waals surface area contributed by atoms with Gasteiger partial charge in [-0.05, 0) is 122 Å². The zero-order chi connectivity index (χ0) is 72.5. The molecule has 0 aliphatic heterocycles. The predicted octanol–water partition coefficient (Wildman–Crippen LogP) is 27.8. The van der Waals surface area contributed by atoms with Crippen LogP contribution in [0.25, 0.3) is 0 Å². The summed E-state index contributed by atoms with van der Waals surface area (Å²) >= 11 is 0. The summed E-state index contributed by atoms with van der Waals surface area (Å²) in [5.74, 6) is -0.789. The number of rotatable bonds is 75. The van der Waals surface area contributed by atoms with E-state index in [1.165, 1.54) is 199 Å². The average molecular weight is 1410 g/mol. The maximum absolute atomic E-state index is 12.9. The normalized spacial score (nSPS) is 13.9. The molecule has 1 N–H and O–H groups in total. The number of carbonyl (C=O) groups excluding carboxylic acids is 2. The molecule has 0 rings (SSSR count). The maximum Gasteiger partial charge on any atom is 0.472 e. The van der Waals surface area contributed by atoms with Crippen molar-refractivity contribution in [2.45, 2.75) is 354 Å². The quantitative estimate of drug-likeness (QED) is 0.0211. The summed E-state index contributed by atoms with van der Waals surface area (Å²) in [6, 6.07) is 0. The van der Waals surface area contributed by atoms with Crippen LogP contribution in [0.2, 0.25) is 0 Å². The van der Waals surface area contributed by atoms with Crippen LogP contribution in [-0.4, -0.2) is 74.9 Å². The van der Waals surface area contributed by atoms with E-state index in [0.29, 0.717) is 17.4 Å². The Balaban J connectivity index is 3.96. The van der Waals surface area contributed by atoms with Gasteiger partial charge in [-0.3, -0.25) is 18.6 Å². The number of hydrogen-bond donors (Lipinski definition) is 1. The van der Waals surface area contributed by atoms with Crippen LogP contribution in [0, 0.1) is 0 Å². The highest BCUT2D eigenvalue weighted by molar-refractivity contribution is 7.47. The predicted molar refractivity (Wildman–Crippen MR) is 436 cm³/mol. The molecule has 2 unspecified atom stereocenters. The maximum atomic E-state index is 12.9. The highest BCUT2D eigenvalue weighted by Crippen LogP contribution is 2.43. The van der Waals surface area contributed by atoms with Gasteiger partial charge in [0.25, 0.3) is 0 Å². The minimum atomic E-state index is -4.40. The van der Waals surface area contributed by atoms with E-state index >= 15 is 0 Å². The van der Waals surface area contributed by atoms with Crippen LogP contribution in [0.1, 0.15) is 348 Å². The van der Waals surface area contributed by atoms with E-state index in [1.54, 1.807) is 0 Å². The van der Waals surface area contributed by atoms with Crippen molar-refractivity contribution >= 4 is 19.8 Å². The fourth-order valence-corrected chi connectivity index (χ4v) is 12.1. The summed E-state index contributed by atoms with van der Waals surface area (Å²) in [7, 11) is 1.48. The summed E-state index contributed by atoms with van der Waals surface area (Å²) < 4.78 is 34.9. The fourth-order valence-electron chi connectivity index (χ4n) is 11.4. The van der Waals surface area contributed by atoms with E-state index in [4.69, 9.17) is 18.5 Å². The molecule has 0 fully saturated rings. The smallest absolute Gasteiger partial charge is 0.462 e. The summed E-state index contributed by atoms with van der Waals surface area (Å²) in [6.45, 7) is 4.23. The van der Waals surface area contributed by atoms with E-state index in [0.717, 1.165) is 116 Å². The van der Waals surface area contributed by atoms with Gasteiger partial charge in [0.15, 0.2) is 6.10 Å². The Hall–Kier alpha value is -4.37.